The van der Waals surface area contributed by atoms with Gasteiger partial charge in [0, 0.05) is 23.4 Å². The molecule has 2 heterocycles. The Balaban J connectivity index is 1.45. The van der Waals surface area contributed by atoms with Crippen molar-refractivity contribution in [1.29, 1.82) is 0 Å². The molecule has 0 fully saturated rings. The van der Waals surface area contributed by atoms with E-state index in [4.69, 9.17) is 0 Å². The van der Waals surface area contributed by atoms with Gasteiger partial charge in [-0.15, -0.1) is 0 Å². The summed E-state index contributed by atoms with van der Waals surface area (Å²) in [4.78, 5) is 30.8. The molecule has 2 N–H and O–H groups in total. The molecule has 0 bridgehead atoms. The van der Waals surface area contributed by atoms with Gasteiger partial charge in [-0.2, -0.15) is 0 Å². The van der Waals surface area contributed by atoms with Crippen molar-refractivity contribution in [2.75, 3.05) is 5.32 Å². The van der Waals surface area contributed by atoms with Gasteiger partial charge in [0.2, 0.25) is 0 Å². The fraction of sp³-hybridized carbons (Fsp3) is 0.345. The third kappa shape index (κ3) is 5.53. The van der Waals surface area contributed by atoms with Crippen LogP contribution >= 0.6 is 0 Å². The van der Waals surface area contributed by atoms with Gasteiger partial charge in [-0.25, -0.2) is 4.79 Å². The molecule has 0 aliphatic carbocycles. The van der Waals surface area contributed by atoms with Crippen molar-refractivity contribution < 1.29 is 14.7 Å². The molecular weight excluding hydrogens is 438 g/mol. The van der Waals surface area contributed by atoms with Gasteiger partial charge in [-0.05, 0) is 60.2 Å². The summed E-state index contributed by atoms with van der Waals surface area (Å²) in [6, 6.07) is 17.2. The zero-order valence-corrected chi connectivity index (χ0v) is 20.6. The molecule has 35 heavy (non-hydrogen) atoms. The van der Waals surface area contributed by atoms with E-state index in [1.54, 1.807) is 6.20 Å². The minimum absolute atomic E-state index is 0.177. The molecule has 4 rings (SSSR count). The van der Waals surface area contributed by atoms with Crippen molar-refractivity contribution in [3.05, 3.63) is 77.5 Å². The van der Waals surface area contributed by atoms with Crippen LogP contribution in [0.1, 0.15) is 61.5 Å². The first-order chi connectivity index (χ1) is 16.9. The van der Waals surface area contributed by atoms with Gasteiger partial charge >= 0.3 is 5.97 Å². The molecule has 6 nitrogen and oxygen atoms in total. The molecule has 182 valence electrons. The van der Waals surface area contributed by atoms with Gasteiger partial charge in [0.05, 0.1) is 17.6 Å². The highest BCUT2D eigenvalue weighted by atomic mass is 16.4. The number of carboxylic acids is 1. The monoisotopic (exact) mass is 471 g/mol. The van der Waals surface area contributed by atoms with Crippen LogP contribution in [0.5, 0.6) is 0 Å². The minimum Gasteiger partial charge on any atom is -0.480 e. The highest BCUT2D eigenvalue weighted by molar-refractivity contribution is 6.01. The number of unbranched alkanes of at least 4 members (excludes halogenated alkanes) is 2. The van der Waals surface area contributed by atoms with Gasteiger partial charge in [0.25, 0.3) is 5.91 Å². The summed E-state index contributed by atoms with van der Waals surface area (Å²) < 4.78 is 0. The van der Waals surface area contributed by atoms with Gasteiger partial charge < -0.3 is 15.3 Å². The first-order valence-corrected chi connectivity index (χ1v) is 12.4. The average molecular weight is 472 g/mol. The molecule has 1 aliphatic heterocycles. The summed E-state index contributed by atoms with van der Waals surface area (Å²) >= 11 is 0. The molecule has 1 aliphatic rings. The van der Waals surface area contributed by atoms with Crippen molar-refractivity contribution in [2.24, 2.45) is 5.92 Å². The Morgan fingerprint density at radius 3 is 2.43 bits per heavy atom. The minimum atomic E-state index is -0.975. The number of hydrogen-bond donors (Lipinski definition) is 2. The predicted molar refractivity (Wildman–Crippen MR) is 139 cm³/mol. The zero-order valence-electron chi connectivity index (χ0n) is 20.6. The Morgan fingerprint density at radius 1 is 1.06 bits per heavy atom. The maximum absolute atomic E-state index is 13.0. The van der Waals surface area contributed by atoms with Crippen LogP contribution in [0.15, 0.2) is 60.8 Å². The van der Waals surface area contributed by atoms with Crippen molar-refractivity contribution in [2.45, 2.75) is 59.0 Å². The number of rotatable bonds is 10. The van der Waals surface area contributed by atoms with Crippen LogP contribution < -0.4 is 5.32 Å². The van der Waals surface area contributed by atoms with Crippen LogP contribution in [0.25, 0.3) is 11.3 Å². The number of fused-ring (bicyclic) bond motifs is 1. The molecule has 1 atom stereocenters. The lowest BCUT2D eigenvalue weighted by Crippen LogP contribution is -2.44. The van der Waals surface area contributed by atoms with Gasteiger partial charge in [0.15, 0.2) is 0 Å². The van der Waals surface area contributed by atoms with E-state index in [9.17, 15) is 14.7 Å². The largest absolute Gasteiger partial charge is 0.480 e. The third-order valence-corrected chi connectivity index (χ3v) is 6.53. The number of anilines is 2. The molecule has 3 aromatic rings. The number of hydrogen-bond acceptors (Lipinski definition) is 4. The van der Waals surface area contributed by atoms with E-state index in [2.05, 4.69) is 41.5 Å². The SMILES string of the molecule is CCCCCc1ccc(Nc2ccc(-c3ccc4c(c3)C(=O)N([C@H](C(=O)O)C(C)C)C4)nc2)cc1. The Kier molecular flexibility index (Phi) is 7.49. The van der Waals surface area contributed by atoms with Crippen LogP contribution in [0.2, 0.25) is 0 Å². The Hall–Kier alpha value is -3.67. The van der Waals surface area contributed by atoms with E-state index in [-0.39, 0.29) is 11.8 Å². The summed E-state index contributed by atoms with van der Waals surface area (Å²) in [5, 5.41) is 13.0. The molecular formula is C29H33N3O3. The number of aromatic nitrogens is 1. The number of pyridine rings is 1. The molecule has 6 heteroatoms. The Bertz CT molecular complexity index is 1190. The lowest BCUT2D eigenvalue weighted by Gasteiger charge is -2.27. The summed E-state index contributed by atoms with van der Waals surface area (Å²) in [6.07, 6.45) is 6.60. The highest BCUT2D eigenvalue weighted by Crippen LogP contribution is 2.31. The quantitative estimate of drug-likeness (QED) is 0.340. The summed E-state index contributed by atoms with van der Waals surface area (Å²) in [5.41, 5.74) is 6.25. The fourth-order valence-corrected chi connectivity index (χ4v) is 4.62. The van der Waals surface area contributed by atoms with Gasteiger partial charge in [0.1, 0.15) is 6.04 Å². The molecule has 0 spiro atoms. The lowest BCUT2D eigenvalue weighted by molar-refractivity contribution is -0.144. The normalized spacial score (nSPS) is 13.7. The number of benzene rings is 2. The second-order valence-corrected chi connectivity index (χ2v) is 9.54. The number of carbonyl (C=O) groups excluding carboxylic acids is 1. The second kappa shape index (κ2) is 10.7. The topological polar surface area (TPSA) is 82.5 Å². The standard InChI is InChI=1S/C29H33N3O3/c1-4-5-6-7-20-8-12-23(13-9-20)31-24-14-15-26(30-17-24)21-10-11-22-18-32(28(33)25(22)16-21)27(19(2)3)29(34)35/h8-17,19,27,31H,4-7,18H2,1-3H3,(H,34,35)/t27-/m0/s1. The van der Waals surface area contributed by atoms with Crippen molar-refractivity contribution in [3.8, 4) is 11.3 Å². The van der Waals surface area contributed by atoms with Crippen molar-refractivity contribution in [1.82, 2.24) is 9.88 Å². The molecule has 0 unspecified atom stereocenters. The van der Waals surface area contributed by atoms with Gasteiger partial charge in [-0.3, -0.25) is 9.78 Å². The molecule has 1 aromatic heterocycles. The smallest absolute Gasteiger partial charge is 0.326 e. The second-order valence-electron chi connectivity index (χ2n) is 9.54. The van der Waals surface area contributed by atoms with Crippen LogP contribution in [-0.2, 0) is 17.8 Å². The first-order valence-electron chi connectivity index (χ1n) is 12.4. The summed E-state index contributed by atoms with van der Waals surface area (Å²) in [6.45, 7) is 6.18. The zero-order chi connectivity index (χ0) is 24.9. The maximum Gasteiger partial charge on any atom is 0.326 e. The Morgan fingerprint density at radius 2 is 1.80 bits per heavy atom. The number of carbonyl (C=O) groups is 2. The molecule has 0 saturated carbocycles. The molecule has 2 aromatic carbocycles. The van der Waals surface area contributed by atoms with E-state index in [1.165, 1.54) is 29.7 Å². The summed E-state index contributed by atoms with van der Waals surface area (Å²) in [7, 11) is 0. The van der Waals surface area contributed by atoms with E-state index >= 15 is 0 Å². The fourth-order valence-electron chi connectivity index (χ4n) is 4.62. The highest BCUT2D eigenvalue weighted by Gasteiger charge is 2.38. The predicted octanol–water partition coefficient (Wildman–Crippen LogP) is 6.29. The number of aryl methyl sites for hydroxylation is 1. The number of amides is 1. The van der Waals surface area contributed by atoms with E-state index in [0.717, 1.165) is 34.6 Å². The van der Waals surface area contributed by atoms with Crippen molar-refractivity contribution in [3.63, 3.8) is 0 Å². The van der Waals surface area contributed by atoms with E-state index in [1.807, 2.05) is 44.2 Å². The van der Waals surface area contributed by atoms with Crippen LogP contribution in [0.4, 0.5) is 11.4 Å². The number of aliphatic carboxylic acids is 1. The molecule has 0 radical (unpaired) electrons. The van der Waals surface area contributed by atoms with Gasteiger partial charge in [-0.1, -0.05) is 57.9 Å². The maximum atomic E-state index is 13.0. The van der Waals surface area contributed by atoms with Crippen LogP contribution in [0.3, 0.4) is 0 Å². The lowest BCUT2D eigenvalue weighted by atomic mass is 10.0. The molecule has 0 saturated heterocycles. The van der Waals surface area contributed by atoms with Crippen LogP contribution in [0, 0.1) is 5.92 Å². The average Bonchev–Trinajstić information content (AvgIpc) is 3.15. The third-order valence-electron chi connectivity index (χ3n) is 6.53. The number of nitrogens with zero attached hydrogens (tertiary/aromatic N) is 2. The number of nitrogens with one attached hydrogen (secondary N) is 1. The first kappa shape index (κ1) is 24.5. The van der Waals surface area contributed by atoms with E-state index < -0.39 is 12.0 Å². The molecule has 1 amide bonds. The van der Waals surface area contributed by atoms with Crippen molar-refractivity contribution >= 4 is 23.3 Å². The number of carboxylic acid groups (broad SMARTS) is 1. The van der Waals surface area contributed by atoms with E-state index in [0.29, 0.717) is 12.1 Å². The van der Waals surface area contributed by atoms with Crippen LogP contribution in [-0.4, -0.2) is 32.9 Å². The Labute approximate surface area is 207 Å². The summed E-state index contributed by atoms with van der Waals surface area (Å²) in [5.74, 6) is -1.39.